The number of hydrogen-bond donors (Lipinski definition) is 1. The highest BCUT2D eigenvalue weighted by molar-refractivity contribution is 5.93. The number of nitrogens with zero attached hydrogens (tertiary/aromatic N) is 6. The first-order valence-electron chi connectivity index (χ1n) is 10.8. The van der Waals surface area contributed by atoms with Gasteiger partial charge in [0.1, 0.15) is 23.1 Å². The lowest BCUT2D eigenvalue weighted by atomic mass is 10.0. The van der Waals surface area contributed by atoms with Crippen molar-refractivity contribution < 1.29 is 13.6 Å². The van der Waals surface area contributed by atoms with E-state index in [0.29, 0.717) is 48.8 Å². The van der Waals surface area contributed by atoms with E-state index in [0.717, 1.165) is 25.6 Å². The highest BCUT2D eigenvalue weighted by Gasteiger charge is 2.30. The van der Waals surface area contributed by atoms with Gasteiger partial charge in [0.15, 0.2) is 5.65 Å². The van der Waals surface area contributed by atoms with Crippen LogP contribution in [0.3, 0.4) is 0 Å². The van der Waals surface area contributed by atoms with Crippen LogP contribution in [0, 0.1) is 11.6 Å². The van der Waals surface area contributed by atoms with Gasteiger partial charge >= 0.3 is 6.03 Å². The number of halogens is 2. The minimum atomic E-state index is -0.457. The average molecular weight is 441 g/mol. The van der Waals surface area contributed by atoms with Crippen LogP contribution in [0.2, 0.25) is 0 Å². The van der Waals surface area contributed by atoms with Crippen LogP contribution >= 0.6 is 0 Å². The monoisotopic (exact) mass is 441 g/mol. The first-order valence-corrected chi connectivity index (χ1v) is 10.8. The number of rotatable bonds is 3. The number of amides is 2. The SMILES string of the molecule is CN1CCN(C(=O)Nc2cnn3ccc(N4CCCC4c4cc(F)ccc4F)nc23)CC1. The summed E-state index contributed by atoms with van der Waals surface area (Å²) in [6.45, 7) is 3.67. The predicted molar refractivity (Wildman–Crippen MR) is 117 cm³/mol. The van der Waals surface area contributed by atoms with Crippen molar-refractivity contribution in [3.05, 3.63) is 53.9 Å². The lowest BCUT2D eigenvalue weighted by Crippen LogP contribution is -2.48. The molecule has 3 aromatic rings. The maximum absolute atomic E-state index is 14.4. The van der Waals surface area contributed by atoms with Crippen LogP contribution < -0.4 is 10.2 Å². The summed E-state index contributed by atoms with van der Waals surface area (Å²) < 4.78 is 29.8. The Labute approximate surface area is 184 Å². The maximum atomic E-state index is 14.4. The summed E-state index contributed by atoms with van der Waals surface area (Å²) in [5, 5.41) is 7.21. The van der Waals surface area contributed by atoms with E-state index < -0.39 is 11.6 Å². The van der Waals surface area contributed by atoms with Gasteiger partial charge in [-0.3, -0.25) is 0 Å². The first-order chi connectivity index (χ1) is 15.5. The molecule has 168 valence electrons. The van der Waals surface area contributed by atoms with Crippen molar-refractivity contribution in [1.82, 2.24) is 24.4 Å². The summed E-state index contributed by atoms with van der Waals surface area (Å²) in [5.74, 6) is -0.241. The molecule has 2 amide bonds. The topological polar surface area (TPSA) is 69.0 Å². The van der Waals surface area contributed by atoms with E-state index in [-0.39, 0.29) is 12.1 Å². The van der Waals surface area contributed by atoms with Gasteiger partial charge in [-0.05, 0) is 44.2 Å². The maximum Gasteiger partial charge on any atom is 0.322 e. The molecule has 1 unspecified atom stereocenters. The number of nitrogens with one attached hydrogen (secondary N) is 1. The zero-order chi connectivity index (χ0) is 22.2. The molecular weight excluding hydrogens is 416 g/mol. The molecular formula is C22H25F2N7O. The molecule has 0 aliphatic carbocycles. The van der Waals surface area contributed by atoms with Crippen molar-refractivity contribution >= 4 is 23.2 Å². The molecule has 0 bridgehead atoms. The zero-order valence-electron chi connectivity index (χ0n) is 17.8. The van der Waals surface area contributed by atoms with E-state index >= 15 is 0 Å². The highest BCUT2D eigenvalue weighted by Crippen LogP contribution is 2.37. The van der Waals surface area contributed by atoms with Gasteiger partial charge in [0, 0.05) is 44.5 Å². The van der Waals surface area contributed by atoms with E-state index in [2.05, 4.69) is 15.3 Å². The molecule has 32 heavy (non-hydrogen) atoms. The first kappa shape index (κ1) is 20.6. The van der Waals surface area contributed by atoms with Crippen molar-refractivity contribution in [3.63, 3.8) is 0 Å². The molecule has 2 fully saturated rings. The lowest BCUT2D eigenvalue weighted by molar-refractivity contribution is 0.164. The molecule has 2 aliphatic heterocycles. The Morgan fingerprint density at radius 2 is 1.94 bits per heavy atom. The number of piperazine rings is 1. The van der Waals surface area contributed by atoms with E-state index in [9.17, 15) is 13.6 Å². The predicted octanol–water partition coefficient (Wildman–Crippen LogP) is 3.13. The Bertz CT molecular complexity index is 1140. The highest BCUT2D eigenvalue weighted by atomic mass is 19.1. The Morgan fingerprint density at radius 3 is 2.75 bits per heavy atom. The van der Waals surface area contributed by atoms with E-state index in [1.54, 1.807) is 21.8 Å². The van der Waals surface area contributed by atoms with Crippen LogP contribution in [-0.4, -0.2) is 70.2 Å². The van der Waals surface area contributed by atoms with Gasteiger partial charge in [-0.1, -0.05) is 0 Å². The largest absolute Gasteiger partial charge is 0.349 e. The number of urea groups is 1. The fourth-order valence-corrected chi connectivity index (χ4v) is 4.45. The molecule has 2 aromatic heterocycles. The number of likely N-dealkylation sites (N-methyl/N-ethyl adjacent to an activating group) is 1. The quantitative estimate of drug-likeness (QED) is 0.677. The Hall–Kier alpha value is -3.27. The number of hydrogen-bond acceptors (Lipinski definition) is 5. The second-order valence-electron chi connectivity index (χ2n) is 8.35. The fourth-order valence-electron chi connectivity index (χ4n) is 4.45. The number of carbonyl (C=O) groups is 1. The van der Waals surface area contributed by atoms with Crippen LogP contribution in [0.5, 0.6) is 0 Å². The molecule has 0 spiro atoms. The van der Waals surface area contributed by atoms with Gasteiger partial charge in [0.2, 0.25) is 0 Å². The molecule has 1 atom stereocenters. The molecule has 4 heterocycles. The van der Waals surface area contributed by atoms with Gasteiger partial charge in [0.05, 0.1) is 12.2 Å². The van der Waals surface area contributed by atoms with Crippen molar-refractivity contribution in [2.24, 2.45) is 0 Å². The van der Waals surface area contributed by atoms with E-state index in [1.807, 2.05) is 18.0 Å². The second kappa shape index (κ2) is 8.34. The molecule has 0 radical (unpaired) electrons. The number of anilines is 2. The standard InChI is InChI=1S/C22H25F2N7O/c1-28-9-11-29(12-10-28)22(32)26-18-14-25-31-8-6-20(27-21(18)31)30-7-2-3-19(30)16-13-15(23)4-5-17(16)24/h4-6,8,13-14,19H,2-3,7,9-12H2,1H3,(H,26,32). The Morgan fingerprint density at radius 1 is 1.12 bits per heavy atom. The van der Waals surface area contributed by atoms with Crippen LogP contribution in [0.25, 0.3) is 5.65 Å². The smallest absolute Gasteiger partial charge is 0.322 e. The van der Waals surface area contributed by atoms with Gasteiger partial charge in [-0.25, -0.2) is 23.1 Å². The third-order valence-corrected chi connectivity index (χ3v) is 6.25. The number of carbonyl (C=O) groups excluding carboxylic acids is 1. The Balaban J connectivity index is 1.41. The van der Waals surface area contributed by atoms with Crippen molar-refractivity contribution in [3.8, 4) is 0 Å². The number of benzene rings is 1. The summed E-state index contributed by atoms with van der Waals surface area (Å²) in [4.78, 5) is 23.4. The van der Waals surface area contributed by atoms with Crippen LogP contribution in [0.1, 0.15) is 24.4 Å². The third-order valence-electron chi connectivity index (χ3n) is 6.25. The summed E-state index contributed by atoms with van der Waals surface area (Å²) in [7, 11) is 2.03. The van der Waals surface area contributed by atoms with Gasteiger partial charge in [-0.2, -0.15) is 5.10 Å². The normalized spacial score (nSPS) is 19.7. The van der Waals surface area contributed by atoms with Gasteiger partial charge < -0.3 is 20.0 Å². The molecule has 5 rings (SSSR count). The number of aromatic nitrogens is 3. The molecule has 10 heteroatoms. The molecule has 1 aromatic carbocycles. The second-order valence-corrected chi connectivity index (χ2v) is 8.35. The van der Waals surface area contributed by atoms with E-state index in [4.69, 9.17) is 4.98 Å². The number of fused-ring (bicyclic) bond motifs is 1. The summed E-state index contributed by atoms with van der Waals surface area (Å²) >= 11 is 0. The molecule has 0 saturated carbocycles. The molecule has 2 aliphatic rings. The molecule has 2 saturated heterocycles. The summed E-state index contributed by atoms with van der Waals surface area (Å²) in [6.07, 6.45) is 4.90. The summed E-state index contributed by atoms with van der Waals surface area (Å²) in [6, 6.07) is 4.89. The van der Waals surface area contributed by atoms with E-state index in [1.165, 1.54) is 12.1 Å². The summed E-state index contributed by atoms with van der Waals surface area (Å²) in [5.41, 5.74) is 1.36. The van der Waals surface area contributed by atoms with Crippen molar-refractivity contribution in [1.29, 1.82) is 0 Å². The Kier molecular flexibility index (Phi) is 5.38. The van der Waals surface area contributed by atoms with Gasteiger partial charge in [-0.15, -0.1) is 0 Å². The molecule has 1 N–H and O–H groups in total. The van der Waals surface area contributed by atoms with Crippen LogP contribution in [0.15, 0.2) is 36.7 Å². The third kappa shape index (κ3) is 3.86. The van der Waals surface area contributed by atoms with Crippen LogP contribution in [-0.2, 0) is 0 Å². The fraction of sp³-hybridized carbons (Fsp3) is 0.409. The van der Waals surface area contributed by atoms with Crippen molar-refractivity contribution in [2.75, 3.05) is 50.0 Å². The van der Waals surface area contributed by atoms with Crippen LogP contribution in [0.4, 0.5) is 25.1 Å². The zero-order valence-corrected chi connectivity index (χ0v) is 17.8. The van der Waals surface area contributed by atoms with Crippen molar-refractivity contribution in [2.45, 2.75) is 18.9 Å². The van der Waals surface area contributed by atoms with Gasteiger partial charge in [0.25, 0.3) is 0 Å². The lowest BCUT2D eigenvalue weighted by Gasteiger charge is -2.32. The average Bonchev–Trinajstić information content (AvgIpc) is 3.43. The molecule has 8 nitrogen and oxygen atoms in total. The minimum absolute atomic E-state index is 0.180. The minimum Gasteiger partial charge on any atom is -0.349 e.